The summed E-state index contributed by atoms with van der Waals surface area (Å²) in [7, 11) is 1.74. The summed E-state index contributed by atoms with van der Waals surface area (Å²) < 4.78 is 6.87. The second kappa shape index (κ2) is 6.35. The van der Waals surface area contributed by atoms with Gasteiger partial charge in [0.15, 0.2) is 5.65 Å². The zero-order valence-corrected chi connectivity index (χ0v) is 11.0. The van der Waals surface area contributed by atoms with Gasteiger partial charge in [-0.15, -0.1) is 5.10 Å². The van der Waals surface area contributed by atoms with Crippen molar-refractivity contribution in [2.75, 3.05) is 25.6 Å². The number of methoxy groups -OCH3 is 1. The van der Waals surface area contributed by atoms with Gasteiger partial charge in [-0.1, -0.05) is 6.07 Å². The lowest BCUT2D eigenvalue weighted by Crippen LogP contribution is -2.04. The first-order chi connectivity index (χ1) is 8.81. The average molecular weight is 248 g/mol. The Morgan fingerprint density at radius 3 is 2.94 bits per heavy atom. The minimum atomic E-state index is 0.705. The molecule has 0 aliphatic carbocycles. The number of pyridine rings is 1. The molecule has 0 amide bonds. The fraction of sp³-hybridized carbons (Fsp3) is 0.538. The fourth-order valence-electron chi connectivity index (χ4n) is 1.86. The molecule has 0 fully saturated rings. The molecule has 2 rings (SSSR count). The van der Waals surface area contributed by atoms with Gasteiger partial charge in [0.1, 0.15) is 0 Å². The van der Waals surface area contributed by atoms with Gasteiger partial charge < -0.3 is 10.1 Å². The highest BCUT2D eigenvalue weighted by molar-refractivity contribution is 5.44. The maximum absolute atomic E-state index is 5.01. The van der Waals surface area contributed by atoms with Gasteiger partial charge in [0.05, 0.1) is 0 Å². The zero-order valence-electron chi connectivity index (χ0n) is 11.0. The largest absolute Gasteiger partial charge is 0.385 e. The fourth-order valence-corrected chi connectivity index (χ4v) is 1.86. The normalized spacial score (nSPS) is 11.0. The summed E-state index contributed by atoms with van der Waals surface area (Å²) in [4.78, 5) is 4.42. The van der Waals surface area contributed by atoms with Crippen LogP contribution in [0.15, 0.2) is 18.2 Å². The molecule has 5 heteroatoms. The molecular weight excluding hydrogens is 228 g/mol. The quantitative estimate of drug-likeness (QED) is 0.764. The summed E-state index contributed by atoms with van der Waals surface area (Å²) in [6.07, 6.45) is 3.38. The van der Waals surface area contributed by atoms with Crippen molar-refractivity contribution >= 4 is 11.6 Å². The molecule has 2 aromatic rings. The van der Waals surface area contributed by atoms with Gasteiger partial charge in [-0.05, 0) is 38.3 Å². The van der Waals surface area contributed by atoms with E-state index in [2.05, 4.69) is 15.4 Å². The summed E-state index contributed by atoms with van der Waals surface area (Å²) in [6.45, 7) is 3.77. The number of fused-ring (bicyclic) bond motifs is 1. The van der Waals surface area contributed by atoms with Crippen LogP contribution in [0, 0.1) is 6.92 Å². The molecule has 0 saturated heterocycles. The Hall–Kier alpha value is -1.62. The Kier molecular flexibility index (Phi) is 4.52. The topological polar surface area (TPSA) is 51.5 Å². The molecule has 0 aromatic carbocycles. The van der Waals surface area contributed by atoms with Gasteiger partial charge in [0.2, 0.25) is 5.95 Å². The predicted molar refractivity (Wildman–Crippen MR) is 71.9 cm³/mol. The molecule has 0 atom stereocenters. The van der Waals surface area contributed by atoms with Gasteiger partial charge >= 0.3 is 0 Å². The van der Waals surface area contributed by atoms with E-state index in [0.29, 0.717) is 5.95 Å². The molecule has 1 N–H and O–H groups in total. The molecule has 0 unspecified atom stereocenters. The molecule has 0 bridgehead atoms. The summed E-state index contributed by atoms with van der Waals surface area (Å²) in [6, 6.07) is 5.98. The summed E-state index contributed by atoms with van der Waals surface area (Å²) in [5.74, 6) is 0.705. The summed E-state index contributed by atoms with van der Waals surface area (Å²) >= 11 is 0. The van der Waals surface area contributed by atoms with Crippen LogP contribution < -0.4 is 5.32 Å². The van der Waals surface area contributed by atoms with E-state index in [9.17, 15) is 0 Å². The molecule has 0 radical (unpaired) electrons. The van der Waals surface area contributed by atoms with E-state index in [4.69, 9.17) is 4.74 Å². The van der Waals surface area contributed by atoms with Crippen molar-refractivity contribution in [3.05, 3.63) is 23.9 Å². The first kappa shape index (κ1) is 12.8. The third kappa shape index (κ3) is 3.20. The number of unbranched alkanes of at least 4 members (excludes halogenated alkanes) is 2. The van der Waals surface area contributed by atoms with Crippen molar-refractivity contribution in [3.8, 4) is 0 Å². The lowest BCUT2D eigenvalue weighted by Gasteiger charge is -2.01. The van der Waals surface area contributed by atoms with Gasteiger partial charge in [-0.2, -0.15) is 4.98 Å². The number of hydrogen-bond donors (Lipinski definition) is 1. The lowest BCUT2D eigenvalue weighted by atomic mass is 10.2. The van der Waals surface area contributed by atoms with Gasteiger partial charge in [-0.25, -0.2) is 4.52 Å². The van der Waals surface area contributed by atoms with Crippen LogP contribution in [0.5, 0.6) is 0 Å². The van der Waals surface area contributed by atoms with Crippen LogP contribution in [0.4, 0.5) is 5.95 Å². The molecule has 0 saturated carbocycles. The van der Waals surface area contributed by atoms with E-state index in [1.807, 2.05) is 29.6 Å². The average Bonchev–Trinajstić information content (AvgIpc) is 2.78. The third-order valence-corrected chi connectivity index (χ3v) is 2.86. The number of nitrogens with zero attached hydrogens (tertiary/aromatic N) is 3. The number of hydrogen-bond acceptors (Lipinski definition) is 4. The highest BCUT2D eigenvalue weighted by Gasteiger charge is 2.03. The molecule has 98 valence electrons. The Labute approximate surface area is 107 Å². The number of nitrogens with one attached hydrogen (secondary N) is 1. The van der Waals surface area contributed by atoms with E-state index in [1.165, 1.54) is 0 Å². The van der Waals surface area contributed by atoms with Crippen LogP contribution in [0.25, 0.3) is 5.65 Å². The van der Waals surface area contributed by atoms with Crippen LogP contribution in [0.2, 0.25) is 0 Å². The van der Waals surface area contributed by atoms with Gasteiger partial charge in [-0.3, -0.25) is 0 Å². The summed E-state index contributed by atoms with van der Waals surface area (Å²) in [5.41, 5.74) is 1.98. The molecule has 0 aliphatic rings. The number of aryl methyl sites for hydroxylation is 1. The molecule has 2 heterocycles. The monoisotopic (exact) mass is 248 g/mol. The van der Waals surface area contributed by atoms with Crippen LogP contribution in [0.1, 0.15) is 25.0 Å². The number of aromatic nitrogens is 3. The minimum Gasteiger partial charge on any atom is -0.385 e. The first-order valence-electron chi connectivity index (χ1n) is 6.36. The number of ether oxygens (including phenoxy) is 1. The van der Waals surface area contributed by atoms with Gasteiger partial charge in [0, 0.05) is 26.0 Å². The number of rotatable bonds is 7. The standard InChI is InChI=1S/C13H20N4O/c1-11-7-6-8-12-15-13(16-17(11)12)14-9-4-3-5-10-18-2/h6-8H,3-5,9-10H2,1-2H3,(H,14,16). The molecule has 0 spiro atoms. The molecule has 5 nitrogen and oxygen atoms in total. The Balaban J connectivity index is 1.83. The lowest BCUT2D eigenvalue weighted by molar-refractivity contribution is 0.192. The van der Waals surface area contributed by atoms with Crippen molar-refractivity contribution in [3.63, 3.8) is 0 Å². The number of anilines is 1. The van der Waals surface area contributed by atoms with E-state index in [1.54, 1.807) is 7.11 Å². The smallest absolute Gasteiger partial charge is 0.243 e. The van der Waals surface area contributed by atoms with Crippen molar-refractivity contribution < 1.29 is 4.74 Å². The molecule has 18 heavy (non-hydrogen) atoms. The molecule has 2 aromatic heterocycles. The molecule has 0 aliphatic heterocycles. The van der Waals surface area contributed by atoms with Crippen molar-refractivity contribution in [2.24, 2.45) is 0 Å². The van der Waals surface area contributed by atoms with E-state index < -0.39 is 0 Å². The summed E-state index contributed by atoms with van der Waals surface area (Å²) in [5, 5.41) is 7.67. The SMILES string of the molecule is COCCCCCNc1nc2cccc(C)n2n1. The minimum absolute atomic E-state index is 0.705. The second-order valence-electron chi connectivity index (χ2n) is 4.35. The third-order valence-electron chi connectivity index (χ3n) is 2.86. The van der Waals surface area contributed by atoms with Crippen LogP contribution in [0.3, 0.4) is 0 Å². The highest BCUT2D eigenvalue weighted by Crippen LogP contribution is 2.08. The van der Waals surface area contributed by atoms with Gasteiger partial charge in [0.25, 0.3) is 0 Å². The van der Waals surface area contributed by atoms with E-state index in [-0.39, 0.29) is 0 Å². The zero-order chi connectivity index (χ0) is 12.8. The molecular formula is C13H20N4O. The predicted octanol–water partition coefficient (Wildman–Crippen LogP) is 2.27. The van der Waals surface area contributed by atoms with Crippen LogP contribution in [-0.4, -0.2) is 34.9 Å². The Bertz CT molecular complexity index is 495. The van der Waals surface area contributed by atoms with Crippen molar-refractivity contribution in [1.82, 2.24) is 14.6 Å². The second-order valence-corrected chi connectivity index (χ2v) is 4.35. The maximum atomic E-state index is 5.01. The first-order valence-corrected chi connectivity index (χ1v) is 6.36. The van der Waals surface area contributed by atoms with Crippen molar-refractivity contribution in [1.29, 1.82) is 0 Å². The van der Waals surface area contributed by atoms with Crippen molar-refractivity contribution in [2.45, 2.75) is 26.2 Å². The Morgan fingerprint density at radius 1 is 1.28 bits per heavy atom. The van der Waals surface area contributed by atoms with Crippen LogP contribution >= 0.6 is 0 Å². The van der Waals surface area contributed by atoms with Crippen LogP contribution in [-0.2, 0) is 4.74 Å². The van der Waals surface area contributed by atoms with E-state index in [0.717, 1.165) is 43.8 Å². The Morgan fingerprint density at radius 2 is 2.17 bits per heavy atom. The highest BCUT2D eigenvalue weighted by atomic mass is 16.5. The maximum Gasteiger partial charge on any atom is 0.243 e. The van der Waals surface area contributed by atoms with E-state index >= 15 is 0 Å².